The summed E-state index contributed by atoms with van der Waals surface area (Å²) < 4.78 is 0. The molecular formula is C14H18N2O3S. The summed E-state index contributed by atoms with van der Waals surface area (Å²) in [6.45, 7) is 2.98. The third-order valence-corrected chi connectivity index (χ3v) is 4.09. The molecule has 20 heavy (non-hydrogen) atoms. The molecule has 1 heterocycles. The number of rotatable bonds is 3. The van der Waals surface area contributed by atoms with Gasteiger partial charge in [-0.15, -0.1) is 0 Å². The summed E-state index contributed by atoms with van der Waals surface area (Å²) in [6.07, 6.45) is 0. The van der Waals surface area contributed by atoms with Crippen molar-refractivity contribution >= 4 is 29.4 Å². The molecule has 2 rings (SSSR count). The highest BCUT2D eigenvalue weighted by Crippen LogP contribution is 2.19. The molecule has 0 aliphatic carbocycles. The van der Waals surface area contributed by atoms with E-state index < -0.39 is 5.97 Å². The van der Waals surface area contributed by atoms with Gasteiger partial charge in [-0.25, -0.2) is 4.79 Å². The maximum Gasteiger partial charge on any atom is 0.325 e. The lowest BCUT2D eigenvalue weighted by Crippen LogP contribution is -2.48. The van der Waals surface area contributed by atoms with Crippen LogP contribution < -0.4 is 4.90 Å². The third kappa shape index (κ3) is 3.66. The quantitative estimate of drug-likeness (QED) is 0.927. The average Bonchev–Trinajstić information content (AvgIpc) is 2.46. The molecule has 0 saturated carbocycles. The van der Waals surface area contributed by atoms with E-state index in [1.807, 2.05) is 30.8 Å². The van der Waals surface area contributed by atoms with Crippen LogP contribution in [-0.4, -0.2) is 53.1 Å². The molecule has 1 aromatic carbocycles. The number of carboxylic acid groups (broad SMARTS) is 1. The van der Waals surface area contributed by atoms with Crippen LogP contribution >= 0.6 is 11.8 Å². The van der Waals surface area contributed by atoms with Crippen LogP contribution in [0.2, 0.25) is 0 Å². The Morgan fingerprint density at radius 1 is 1.25 bits per heavy atom. The second-order valence-corrected chi connectivity index (χ2v) is 5.92. The predicted octanol–water partition coefficient (Wildman–Crippen LogP) is 2.05. The number of carbonyl (C=O) groups excluding carboxylic acids is 1. The number of carboxylic acids is 1. The zero-order valence-corrected chi connectivity index (χ0v) is 12.2. The molecule has 1 aliphatic heterocycles. The predicted molar refractivity (Wildman–Crippen MR) is 80.5 cm³/mol. The first-order valence-corrected chi connectivity index (χ1v) is 7.66. The second kappa shape index (κ2) is 6.65. The van der Waals surface area contributed by atoms with Crippen LogP contribution in [0.5, 0.6) is 0 Å². The number of aliphatic carboxylic acids is 1. The molecule has 0 radical (unpaired) electrons. The first-order valence-electron chi connectivity index (χ1n) is 6.50. The van der Waals surface area contributed by atoms with E-state index in [1.54, 1.807) is 17.0 Å². The number of thioether (sulfide) groups is 1. The molecule has 1 N–H and O–H groups in total. The highest BCUT2D eigenvalue weighted by molar-refractivity contribution is 7.99. The first kappa shape index (κ1) is 14.7. The Hall–Kier alpha value is -1.69. The van der Waals surface area contributed by atoms with Crippen molar-refractivity contribution in [3.05, 3.63) is 29.8 Å². The van der Waals surface area contributed by atoms with Crippen molar-refractivity contribution in [1.29, 1.82) is 0 Å². The molecule has 0 spiro atoms. The van der Waals surface area contributed by atoms with Crippen LogP contribution in [0.3, 0.4) is 0 Å². The van der Waals surface area contributed by atoms with Crippen molar-refractivity contribution in [3.63, 3.8) is 0 Å². The number of urea groups is 1. The zero-order chi connectivity index (χ0) is 14.5. The van der Waals surface area contributed by atoms with Gasteiger partial charge in [0.25, 0.3) is 0 Å². The largest absolute Gasteiger partial charge is 0.480 e. The van der Waals surface area contributed by atoms with Crippen molar-refractivity contribution in [2.24, 2.45) is 0 Å². The SMILES string of the molecule is Cc1ccc(N(CC(=O)O)C(=O)N2CCSCC2)cc1. The van der Waals surface area contributed by atoms with E-state index in [0.29, 0.717) is 18.8 Å². The van der Waals surface area contributed by atoms with Gasteiger partial charge in [-0.1, -0.05) is 17.7 Å². The van der Waals surface area contributed by atoms with Gasteiger partial charge in [0.15, 0.2) is 0 Å². The van der Waals surface area contributed by atoms with Gasteiger partial charge in [-0.3, -0.25) is 9.69 Å². The molecule has 1 aromatic rings. The zero-order valence-electron chi connectivity index (χ0n) is 11.4. The van der Waals surface area contributed by atoms with Crippen LogP contribution in [0.25, 0.3) is 0 Å². The third-order valence-electron chi connectivity index (χ3n) is 3.15. The summed E-state index contributed by atoms with van der Waals surface area (Å²) in [7, 11) is 0. The van der Waals surface area contributed by atoms with E-state index in [0.717, 1.165) is 17.1 Å². The summed E-state index contributed by atoms with van der Waals surface area (Å²) in [4.78, 5) is 26.6. The highest BCUT2D eigenvalue weighted by atomic mass is 32.2. The number of nitrogens with zero attached hydrogens (tertiary/aromatic N) is 2. The van der Waals surface area contributed by atoms with Gasteiger partial charge >= 0.3 is 12.0 Å². The van der Waals surface area contributed by atoms with E-state index in [2.05, 4.69) is 0 Å². The van der Waals surface area contributed by atoms with E-state index in [9.17, 15) is 9.59 Å². The summed E-state index contributed by atoms with van der Waals surface area (Å²) in [5.41, 5.74) is 1.70. The Balaban J connectivity index is 2.19. The van der Waals surface area contributed by atoms with Gasteiger partial charge in [0, 0.05) is 30.3 Å². The second-order valence-electron chi connectivity index (χ2n) is 4.70. The number of hydrogen-bond donors (Lipinski definition) is 1. The smallest absolute Gasteiger partial charge is 0.325 e. The van der Waals surface area contributed by atoms with Crippen LogP contribution in [0.15, 0.2) is 24.3 Å². The Kier molecular flexibility index (Phi) is 4.89. The molecule has 108 valence electrons. The summed E-state index contributed by atoms with van der Waals surface area (Å²) in [5, 5.41) is 9.03. The lowest BCUT2D eigenvalue weighted by molar-refractivity contribution is -0.135. The standard InChI is InChI=1S/C14H18N2O3S/c1-11-2-4-12(5-3-11)16(10-13(17)18)14(19)15-6-8-20-9-7-15/h2-5H,6-10H2,1H3,(H,17,18). The van der Waals surface area contributed by atoms with Crippen molar-refractivity contribution in [2.75, 3.05) is 36.0 Å². The minimum atomic E-state index is -1.01. The van der Waals surface area contributed by atoms with Crippen LogP contribution in [-0.2, 0) is 4.79 Å². The topological polar surface area (TPSA) is 60.9 Å². The number of benzene rings is 1. The van der Waals surface area contributed by atoms with Crippen LogP contribution in [0.1, 0.15) is 5.56 Å². The van der Waals surface area contributed by atoms with Gasteiger partial charge in [-0.05, 0) is 19.1 Å². The fourth-order valence-electron chi connectivity index (χ4n) is 2.05. The maximum absolute atomic E-state index is 12.5. The molecule has 1 fully saturated rings. The van der Waals surface area contributed by atoms with Crippen molar-refractivity contribution in [1.82, 2.24) is 4.90 Å². The van der Waals surface area contributed by atoms with Gasteiger partial charge in [0.1, 0.15) is 6.54 Å². The molecule has 1 aliphatic rings. The highest BCUT2D eigenvalue weighted by Gasteiger charge is 2.25. The molecule has 5 nitrogen and oxygen atoms in total. The van der Waals surface area contributed by atoms with E-state index in [4.69, 9.17) is 5.11 Å². The summed E-state index contributed by atoms with van der Waals surface area (Å²) in [5.74, 6) is 0.798. The molecule has 2 amide bonds. The Bertz CT molecular complexity index is 484. The minimum Gasteiger partial charge on any atom is -0.480 e. The molecule has 1 saturated heterocycles. The fourth-order valence-corrected chi connectivity index (χ4v) is 2.96. The summed E-state index contributed by atoms with van der Waals surface area (Å²) >= 11 is 1.81. The molecule has 0 atom stereocenters. The number of anilines is 1. The van der Waals surface area contributed by atoms with E-state index in [1.165, 1.54) is 4.90 Å². The maximum atomic E-state index is 12.5. The number of aryl methyl sites for hydroxylation is 1. The van der Waals surface area contributed by atoms with Crippen molar-refractivity contribution in [2.45, 2.75) is 6.92 Å². The fraction of sp³-hybridized carbons (Fsp3) is 0.429. The normalized spacial score (nSPS) is 14.9. The molecule has 0 bridgehead atoms. The molecule has 0 unspecified atom stereocenters. The number of hydrogen-bond acceptors (Lipinski definition) is 3. The van der Waals surface area contributed by atoms with Crippen molar-refractivity contribution in [3.8, 4) is 0 Å². The lowest BCUT2D eigenvalue weighted by Gasteiger charge is -2.32. The van der Waals surface area contributed by atoms with Crippen LogP contribution in [0.4, 0.5) is 10.5 Å². The Morgan fingerprint density at radius 3 is 2.40 bits per heavy atom. The van der Waals surface area contributed by atoms with Crippen molar-refractivity contribution < 1.29 is 14.7 Å². The molecule has 0 aromatic heterocycles. The molecule has 6 heteroatoms. The lowest BCUT2D eigenvalue weighted by atomic mass is 10.2. The number of amides is 2. The Labute approximate surface area is 122 Å². The van der Waals surface area contributed by atoms with Crippen LogP contribution in [0, 0.1) is 6.92 Å². The average molecular weight is 294 g/mol. The number of carbonyl (C=O) groups is 2. The molecular weight excluding hydrogens is 276 g/mol. The van der Waals surface area contributed by atoms with Gasteiger partial charge in [-0.2, -0.15) is 11.8 Å². The van der Waals surface area contributed by atoms with E-state index in [-0.39, 0.29) is 12.6 Å². The summed E-state index contributed by atoms with van der Waals surface area (Å²) in [6, 6.07) is 7.10. The van der Waals surface area contributed by atoms with Gasteiger partial charge in [0.05, 0.1) is 0 Å². The van der Waals surface area contributed by atoms with Gasteiger partial charge in [0.2, 0.25) is 0 Å². The van der Waals surface area contributed by atoms with Gasteiger partial charge < -0.3 is 10.0 Å². The Morgan fingerprint density at radius 2 is 1.85 bits per heavy atom. The minimum absolute atomic E-state index is 0.225. The monoisotopic (exact) mass is 294 g/mol. The van der Waals surface area contributed by atoms with E-state index >= 15 is 0 Å². The first-order chi connectivity index (χ1) is 9.58.